The molecule has 1 fully saturated rings. The number of ether oxygens (including phenoxy) is 2. The molecule has 44 heavy (non-hydrogen) atoms. The summed E-state index contributed by atoms with van der Waals surface area (Å²) in [6, 6.07) is 10.7. The Kier molecular flexibility index (Phi) is 7.01. The summed E-state index contributed by atoms with van der Waals surface area (Å²) < 4.78 is 27.0. The molecule has 1 amide bonds. The lowest BCUT2D eigenvalue weighted by Gasteiger charge is -2.31. The SMILES string of the molecule is COc1cc(C(=O)NC[C@](O)(c2cc3c(c(-c4ccc(F)cc4)n2)OC[C@]3(C)C(=O)C(C)(C)O)C2CC2)cc2cn(C)nc12. The summed E-state index contributed by atoms with van der Waals surface area (Å²) in [4.78, 5) is 31.8. The summed E-state index contributed by atoms with van der Waals surface area (Å²) >= 11 is 0. The molecular formula is C33H35FN4O6. The molecule has 1 saturated carbocycles. The molecule has 230 valence electrons. The van der Waals surface area contributed by atoms with Gasteiger partial charge >= 0.3 is 0 Å². The predicted octanol–water partition coefficient (Wildman–Crippen LogP) is 3.80. The highest BCUT2D eigenvalue weighted by Gasteiger charge is 2.52. The van der Waals surface area contributed by atoms with Crippen LogP contribution in [0.4, 0.5) is 4.39 Å². The zero-order valence-electron chi connectivity index (χ0n) is 25.3. The molecular weight excluding hydrogens is 567 g/mol. The van der Waals surface area contributed by atoms with Crippen molar-refractivity contribution in [2.45, 2.75) is 50.2 Å². The third kappa shape index (κ3) is 4.99. The van der Waals surface area contributed by atoms with E-state index in [4.69, 9.17) is 14.5 Å². The number of aryl methyl sites for hydroxylation is 1. The number of hydrogen-bond donors (Lipinski definition) is 3. The minimum Gasteiger partial charge on any atom is -0.494 e. The summed E-state index contributed by atoms with van der Waals surface area (Å²) in [6.45, 7) is 4.35. The lowest BCUT2D eigenvalue weighted by atomic mass is 9.74. The van der Waals surface area contributed by atoms with Crippen LogP contribution in [-0.4, -0.2) is 62.5 Å². The molecule has 4 aromatic rings. The Morgan fingerprint density at radius 1 is 1.18 bits per heavy atom. The van der Waals surface area contributed by atoms with Gasteiger partial charge in [-0.3, -0.25) is 14.3 Å². The number of carbonyl (C=O) groups is 2. The number of benzene rings is 2. The number of fused-ring (bicyclic) bond motifs is 2. The number of amides is 1. The maximum absolute atomic E-state index is 13.9. The minimum atomic E-state index is -1.66. The third-order valence-corrected chi connectivity index (χ3v) is 8.63. The van der Waals surface area contributed by atoms with Crippen molar-refractivity contribution in [3.8, 4) is 22.8 Å². The van der Waals surface area contributed by atoms with E-state index in [1.807, 2.05) is 0 Å². The van der Waals surface area contributed by atoms with Crippen LogP contribution in [-0.2, 0) is 22.9 Å². The van der Waals surface area contributed by atoms with Crippen molar-refractivity contribution in [3.05, 3.63) is 71.3 Å². The maximum Gasteiger partial charge on any atom is 0.251 e. The summed E-state index contributed by atoms with van der Waals surface area (Å²) in [5, 5.41) is 30.9. The largest absolute Gasteiger partial charge is 0.494 e. The molecule has 3 N–H and O–H groups in total. The number of rotatable bonds is 9. The van der Waals surface area contributed by atoms with Gasteiger partial charge in [-0.2, -0.15) is 5.10 Å². The molecule has 2 aromatic carbocycles. The molecule has 1 aliphatic heterocycles. The molecule has 0 saturated heterocycles. The van der Waals surface area contributed by atoms with Gasteiger partial charge in [0.15, 0.2) is 5.78 Å². The van der Waals surface area contributed by atoms with Crippen LogP contribution in [0.3, 0.4) is 0 Å². The molecule has 11 heteroatoms. The Bertz CT molecular complexity index is 1790. The number of halogens is 1. The number of aromatic nitrogens is 3. The molecule has 0 bridgehead atoms. The van der Waals surface area contributed by atoms with Gasteiger partial charge in [0, 0.05) is 35.3 Å². The van der Waals surface area contributed by atoms with Crippen molar-refractivity contribution < 1.29 is 33.7 Å². The quantitative estimate of drug-likeness (QED) is 0.263. The van der Waals surface area contributed by atoms with Crippen molar-refractivity contribution >= 4 is 22.6 Å². The van der Waals surface area contributed by atoms with E-state index in [0.717, 1.165) is 5.39 Å². The topological polar surface area (TPSA) is 136 Å². The highest BCUT2D eigenvalue weighted by molar-refractivity contribution is 6.00. The molecule has 3 heterocycles. The highest BCUT2D eigenvalue weighted by Crippen LogP contribution is 2.50. The Morgan fingerprint density at radius 3 is 2.52 bits per heavy atom. The van der Waals surface area contributed by atoms with E-state index in [9.17, 15) is 24.2 Å². The van der Waals surface area contributed by atoms with Crippen LogP contribution in [0.25, 0.3) is 22.2 Å². The second-order valence-corrected chi connectivity index (χ2v) is 12.5. The average Bonchev–Trinajstić information content (AvgIpc) is 3.70. The summed E-state index contributed by atoms with van der Waals surface area (Å²) in [6.07, 6.45) is 3.21. The lowest BCUT2D eigenvalue weighted by molar-refractivity contribution is -0.140. The van der Waals surface area contributed by atoms with Crippen LogP contribution >= 0.6 is 0 Å². The average molecular weight is 603 g/mol. The third-order valence-electron chi connectivity index (χ3n) is 8.63. The van der Waals surface area contributed by atoms with Crippen LogP contribution in [0.5, 0.6) is 11.5 Å². The number of nitrogens with zero attached hydrogens (tertiary/aromatic N) is 3. The normalized spacial score (nSPS) is 19.3. The van der Waals surface area contributed by atoms with Crippen LogP contribution in [0.1, 0.15) is 55.2 Å². The number of aliphatic hydroxyl groups is 2. The van der Waals surface area contributed by atoms with E-state index >= 15 is 0 Å². The van der Waals surface area contributed by atoms with Crippen molar-refractivity contribution in [2.24, 2.45) is 13.0 Å². The van der Waals surface area contributed by atoms with Crippen molar-refractivity contribution in [3.63, 3.8) is 0 Å². The predicted molar refractivity (Wildman–Crippen MR) is 160 cm³/mol. The van der Waals surface area contributed by atoms with E-state index in [2.05, 4.69) is 10.4 Å². The zero-order chi connectivity index (χ0) is 31.6. The highest BCUT2D eigenvalue weighted by atomic mass is 19.1. The van der Waals surface area contributed by atoms with Crippen molar-refractivity contribution in [2.75, 3.05) is 20.3 Å². The molecule has 1 aliphatic carbocycles. The van der Waals surface area contributed by atoms with Crippen LogP contribution in [0.2, 0.25) is 0 Å². The first kappa shape index (κ1) is 29.7. The molecule has 0 spiro atoms. The van der Waals surface area contributed by atoms with E-state index in [1.165, 1.54) is 33.1 Å². The first-order valence-corrected chi connectivity index (χ1v) is 14.5. The molecule has 0 unspecified atom stereocenters. The van der Waals surface area contributed by atoms with Gasteiger partial charge in [0.1, 0.15) is 46.3 Å². The zero-order valence-corrected chi connectivity index (χ0v) is 25.3. The lowest BCUT2D eigenvalue weighted by Crippen LogP contribution is -2.47. The number of ketones is 1. The number of hydrogen-bond acceptors (Lipinski definition) is 8. The molecule has 2 atom stereocenters. The Balaban J connectivity index is 1.41. The number of nitrogens with one attached hydrogen (secondary N) is 1. The number of Topliss-reactive ketones (excluding diaryl/α,β-unsaturated/α-hetero) is 1. The molecule has 2 aliphatic rings. The number of pyridine rings is 1. The van der Waals surface area contributed by atoms with Gasteiger partial charge in [0.2, 0.25) is 0 Å². The second-order valence-electron chi connectivity index (χ2n) is 12.5. The Hall–Kier alpha value is -4.35. The second kappa shape index (κ2) is 10.4. The fourth-order valence-corrected chi connectivity index (χ4v) is 6.10. The van der Waals surface area contributed by atoms with Gasteiger partial charge in [0.05, 0.1) is 24.8 Å². The van der Waals surface area contributed by atoms with Gasteiger partial charge in [-0.15, -0.1) is 0 Å². The summed E-state index contributed by atoms with van der Waals surface area (Å²) in [7, 11) is 3.29. The number of carbonyl (C=O) groups excluding carboxylic acids is 2. The molecule has 2 aromatic heterocycles. The van der Waals surface area contributed by atoms with E-state index in [1.54, 1.807) is 55.2 Å². The van der Waals surface area contributed by atoms with Gasteiger partial charge < -0.3 is 25.0 Å². The Morgan fingerprint density at radius 2 is 1.89 bits per heavy atom. The van der Waals surface area contributed by atoms with Gasteiger partial charge in [-0.25, -0.2) is 9.37 Å². The van der Waals surface area contributed by atoms with E-state index in [-0.39, 0.29) is 24.8 Å². The maximum atomic E-state index is 13.9. The monoisotopic (exact) mass is 602 g/mol. The molecule has 0 radical (unpaired) electrons. The standard InChI is InChI=1S/C33H35FN4O6/c1-31(2,41)30(40)32(3)17-44-28-23(32)14-25(36-27(28)18-6-10-22(34)11-7-18)33(42,21-8-9-21)16-35-29(39)19-12-20-15-38(4)37-26(20)24(13-19)43-5/h6-7,10-15,21,41-42H,8-9,16-17H2,1-5H3,(H,35,39)/t32-,33+/m0/s1. The van der Waals surface area contributed by atoms with E-state index < -0.39 is 34.1 Å². The minimum absolute atomic E-state index is 0.0399. The van der Waals surface area contributed by atoms with E-state index in [0.29, 0.717) is 52.2 Å². The van der Waals surface area contributed by atoms with Crippen LogP contribution in [0.15, 0.2) is 48.7 Å². The summed E-state index contributed by atoms with van der Waals surface area (Å²) in [5.41, 5.74) is -1.95. The van der Waals surface area contributed by atoms with Crippen LogP contribution < -0.4 is 14.8 Å². The smallest absolute Gasteiger partial charge is 0.251 e. The van der Waals surface area contributed by atoms with Gasteiger partial charge in [-0.1, -0.05) is 0 Å². The molecule has 10 nitrogen and oxygen atoms in total. The first-order chi connectivity index (χ1) is 20.7. The van der Waals surface area contributed by atoms with Crippen LogP contribution in [0, 0.1) is 11.7 Å². The van der Waals surface area contributed by atoms with Gasteiger partial charge in [0.25, 0.3) is 5.91 Å². The molecule has 6 rings (SSSR count). The Labute approximate surface area is 253 Å². The first-order valence-electron chi connectivity index (χ1n) is 14.5. The van der Waals surface area contributed by atoms with Gasteiger partial charge in [-0.05, 0) is 82.0 Å². The van der Waals surface area contributed by atoms with Crippen molar-refractivity contribution in [1.82, 2.24) is 20.1 Å². The fourth-order valence-electron chi connectivity index (χ4n) is 6.10. The fraction of sp³-hybridized carbons (Fsp3) is 0.394. The summed E-state index contributed by atoms with van der Waals surface area (Å²) in [5.74, 6) is -0.719. The number of methoxy groups -OCH3 is 1. The van der Waals surface area contributed by atoms with Crippen molar-refractivity contribution in [1.29, 1.82) is 0 Å².